The lowest BCUT2D eigenvalue weighted by atomic mass is 9.72. The molecule has 5 aliphatic heterocycles. The van der Waals surface area contributed by atoms with Crippen molar-refractivity contribution in [2.24, 2.45) is 0 Å². The van der Waals surface area contributed by atoms with Gasteiger partial charge in [0.1, 0.15) is 24.4 Å². The molecule has 13 nitrogen and oxygen atoms in total. The second-order valence-corrected chi connectivity index (χ2v) is 13.7. The fraction of sp³-hybridized carbons (Fsp3) is 0.500. The molecule has 2 saturated heterocycles. The molecule has 7 atom stereocenters. The molecule has 1 amide bonds. The Hall–Kier alpha value is -4.40. The van der Waals surface area contributed by atoms with Crippen LogP contribution in [0.25, 0.3) is 0 Å². The number of nitrogens with zero attached hydrogens (tertiary/aromatic N) is 2. The lowest BCUT2D eigenvalue weighted by Crippen LogP contribution is -2.69. The maximum absolute atomic E-state index is 13.3. The van der Waals surface area contributed by atoms with Crippen molar-refractivity contribution >= 4 is 29.6 Å². The van der Waals surface area contributed by atoms with Crippen molar-refractivity contribution in [1.82, 2.24) is 15.5 Å². The second kappa shape index (κ2) is 11.9. The monoisotopic (exact) mass is 704 g/mol. The van der Waals surface area contributed by atoms with Crippen molar-refractivity contribution in [3.05, 3.63) is 39.4 Å². The van der Waals surface area contributed by atoms with Gasteiger partial charge >= 0.3 is 24.0 Å². The molecule has 2 aromatic rings. The van der Waals surface area contributed by atoms with Gasteiger partial charge in [-0.05, 0) is 31.4 Å². The van der Waals surface area contributed by atoms with Gasteiger partial charge in [0.05, 0.1) is 30.5 Å². The number of aromatic hydroxyl groups is 1. The van der Waals surface area contributed by atoms with Crippen LogP contribution in [0.3, 0.4) is 0 Å². The number of alkyl halides is 3. The van der Waals surface area contributed by atoms with Gasteiger partial charge in [-0.1, -0.05) is 6.07 Å². The number of nitriles is 1. The normalized spacial score (nSPS) is 28.3. The van der Waals surface area contributed by atoms with E-state index >= 15 is 0 Å². The van der Waals surface area contributed by atoms with Gasteiger partial charge in [-0.15, -0.1) is 11.8 Å². The third-order valence-electron chi connectivity index (χ3n) is 9.71. The Morgan fingerprint density at radius 2 is 1.90 bits per heavy atom. The highest BCUT2D eigenvalue weighted by Crippen LogP contribution is 2.62. The third-order valence-corrected chi connectivity index (χ3v) is 11.1. The summed E-state index contributed by atoms with van der Waals surface area (Å²) in [5.74, 6) is -3.56. The minimum absolute atomic E-state index is 0.106. The predicted molar refractivity (Wildman–Crippen MR) is 163 cm³/mol. The molecular formula is C32H31F3N4O9S. The first-order chi connectivity index (χ1) is 23.3. The Balaban J connectivity index is 1.49. The molecule has 2 aromatic carbocycles. The minimum Gasteiger partial charge on any atom is -0.504 e. The standard InChI is InChI=1S/C32H31F3N4O9S/c1-11-5-14-6-15-17(7-36)39-18-8-45-30(42)16(38-31(43)32(33,34)35)9-49-29(23(39)22(37-15)19(14)24(41)25(11)44-4)21-20(18)28-27(46-10-47-28)12(2)26(21)48-13(3)40/h5,15-18,22-23,29,37,41H,6,8-10H2,1-4H3,(H,38,43)/t15-,16?,17+,18-,22-,23?,29-/m1/s1. The number of hydrogen-bond acceptors (Lipinski definition) is 13. The maximum Gasteiger partial charge on any atom is 0.471 e. The van der Waals surface area contributed by atoms with Gasteiger partial charge in [-0.2, -0.15) is 18.4 Å². The first-order valence-corrected chi connectivity index (χ1v) is 16.4. The molecule has 5 heterocycles. The Kier molecular flexibility index (Phi) is 8.03. The van der Waals surface area contributed by atoms with Crippen LogP contribution in [0.2, 0.25) is 0 Å². The van der Waals surface area contributed by atoms with Crippen LogP contribution in [0, 0.1) is 25.2 Å². The number of piperazine rings is 1. The van der Waals surface area contributed by atoms with Crippen LogP contribution in [0.4, 0.5) is 13.2 Å². The molecule has 0 spiro atoms. The third kappa shape index (κ3) is 5.10. The zero-order valence-corrected chi connectivity index (χ0v) is 27.4. The van der Waals surface area contributed by atoms with Gasteiger partial charge in [-0.3, -0.25) is 14.5 Å². The number of fused-ring (bicyclic) bond motifs is 9. The number of amides is 1. The number of methoxy groups -OCH3 is 1. The van der Waals surface area contributed by atoms with Gasteiger partial charge in [0, 0.05) is 47.0 Å². The Bertz CT molecular complexity index is 1830. The predicted octanol–water partition coefficient (Wildman–Crippen LogP) is 2.94. The van der Waals surface area contributed by atoms with E-state index in [0.29, 0.717) is 45.7 Å². The summed E-state index contributed by atoms with van der Waals surface area (Å²) in [6.45, 7) is 4.06. The van der Waals surface area contributed by atoms with Crippen LogP contribution >= 0.6 is 11.8 Å². The molecule has 5 aliphatic rings. The summed E-state index contributed by atoms with van der Waals surface area (Å²) < 4.78 is 68.9. The smallest absolute Gasteiger partial charge is 0.471 e. The number of carbonyl (C=O) groups excluding carboxylic acids is 3. The largest absolute Gasteiger partial charge is 0.504 e. The molecule has 2 unspecified atom stereocenters. The molecule has 0 aromatic heterocycles. The molecular weight excluding hydrogens is 673 g/mol. The number of aryl methyl sites for hydroxylation is 1. The van der Waals surface area contributed by atoms with Crippen molar-refractivity contribution in [3.8, 4) is 34.8 Å². The first-order valence-electron chi connectivity index (χ1n) is 15.4. The fourth-order valence-electron chi connectivity index (χ4n) is 7.91. The minimum atomic E-state index is -5.26. The summed E-state index contributed by atoms with van der Waals surface area (Å²) in [4.78, 5) is 39.8. The fourth-order valence-corrected chi connectivity index (χ4v) is 9.43. The summed E-state index contributed by atoms with van der Waals surface area (Å²) >= 11 is 1.02. The van der Waals surface area contributed by atoms with E-state index in [1.54, 1.807) is 19.2 Å². The number of benzene rings is 2. The van der Waals surface area contributed by atoms with E-state index in [4.69, 9.17) is 23.7 Å². The van der Waals surface area contributed by atoms with Gasteiger partial charge in [0.25, 0.3) is 0 Å². The number of cyclic esters (lactones) is 1. The Labute approximate surface area is 281 Å². The number of phenolic OH excluding ortho intramolecular Hbond substituents is 1. The van der Waals surface area contributed by atoms with Crippen molar-refractivity contribution in [3.63, 3.8) is 0 Å². The van der Waals surface area contributed by atoms with E-state index in [1.165, 1.54) is 14.0 Å². The van der Waals surface area contributed by atoms with E-state index in [-0.39, 0.29) is 24.0 Å². The highest BCUT2D eigenvalue weighted by molar-refractivity contribution is 7.99. The van der Waals surface area contributed by atoms with Crippen LogP contribution in [0.5, 0.6) is 28.7 Å². The van der Waals surface area contributed by atoms with Crippen molar-refractivity contribution in [2.75, 3.05) is 26.3 Å². The number of rotatable bonds is 3. The lowest BCUT2D eigenvalue weighted by Gasteiger charge is -2.59. The number of hydrogen-bond donors (Lipinski definition) is 3. The molecule has 49 heavy (non-hydrogen) atoms. The molecule has 2 fully saturated rings. The number of halogens is 3. The average Bonchev–Trinajstić information content (AvgIpc) is 3.53. The SMILES string of the molecule is COc1c(C)cc2c(c1O)[C@H]1N[C@H](C2)[C@H](C#N)N2C1[C@@H]1SCC(NC(=O)C(F)(F)F)C(=O)OC[C@@H]2c2c3c(c(C)c(OC(C)=O)c21)OCO3. The highest BCUT2D eigenvalue weighted by Gasteiger charge is 2.59. The van der Waals surface area contributed by atoms with Crippen molar-refractivity contribution < 1.29 is 56.3 Å². The van der Waals surface area contributed by atoms with Crippen LogP contribution in [-0.2, 0) is 25.5 Å². The number of esters is 2. The molecule has 0 aliphatic carbocycles. The number of nitrogens with one attached hydrogen (secondary N) is 2. The summed E-state index contributed by atoms with van der Waals surface area (Å²) in [6.07, 6.45) is -4.90. The zero-order valence-electron chi connectivity index (χ0n) is 26.6. The van der Waals surface area contributed by atoms with Crippen LogP contribution in [0.1, 0.15) is 57.6 Å². The van der Waals surface area contributed by atoms with Crippen LogP contribution < -0.4 is 29.6 Å². The van der Waals surface area contributed by atoms with Gasteiger partial charge in [0.2, 0.25) is 6.79 Å². The van der Waals surface area contributed by atoms with Crippen LogP contribution in [0.15, 0.2) is 6.07 Å². The Morgan fingerprint density at radius 1 is 1.16 bits per heavy atom. The number of thioether (sulfide) groups is 1. The van der Waals surface area contributed by atoms with Gasteiger partial charge < -0.3 is 39.4 Å². The van der Waals surface area contributed by atoms with E-state index in [9.17, 15) is 37.9 Å². The quantitative estimate of drug-likeness (QED) is 0.315. The molecule has 7 rings (SSSR count). The summed E-state index contributed by atoms with van der Waals surface area (Å²) in [5, 5.41) is 26.8. The highest BCUT2D eigenvalue weighted by atomic mass is 32.2. The summed E-state index contributed by atoms with van der Waals surface area (Å²) in [7, 11) is 1.43. The average molecular weight is 705 g/mol. The van der Waals surface area contributed by atoms with E-state index in [2.05, 4.69) is 11.4 Å². The molecule has 0 radical (unpaired) electrons. The molecule has 17 heteroatoms. The number of carbonyl (C=O) groups is 3. The van der Waals surface area contributed by atoms with Gasteiger partial charge in [0.15, 0.2) is 23.0 Å². The zero-order chi connectivity index (χ0) is 35.1. The molecule has 0 saturated carbocycles. The van der Waals surface area contributed by atoms with Crippen molar-refractivity contribution in [2.45, 2.75) is 74.9 Å². The van der Waals surface area contributed by atoms with E-state index in [1.807, 2.05) is 11.0 Å². The van der Waals surface area contributed by atoms with Crippen molar-refractivity contribution in [1.29, 1.82) is 5.26 Å². The molecule has 3 N–H and O–H groups in total. The first kappa shape index (κ1) is 33.1. The number of ether oxygens (including phenoxy) is 5. The van der Waals surface area contributed by atoms with E-state index < -0.39 is 77.9 Å². The van der Waals surface area contributed by atoms with Crippen LogP contribution in [-0.4, -0.2) is 84.5 Å². The molecule has 4 bridgehead atoms. The number of phenols is 1. The molecule has 260 valence electrons. The van der Waals surface area contributed by atoms with Gasteiger partial charge in [-0.25, -0.2) is 4.79 Å². The van der Waals surface area contributed by atoms with E-state index in [0.717, 1.165) is 17.3 Å². The summed E-state index contributed by atoms with van der Waals surface area (Å²) in [5.41, 5.74) is 3.30. The summed E-state index contributed by atoms with van der Waals surface area (Å²) in [6, 6.07) is -1.10. The maximum atomic E-state index is 13.3. The lowest BCUT2D eigenvalue weighted by molar-refractivity contribution is -0.175. The Morgan fingerprint density at radius 3 is 2.57 bits per heavy atom. The topological polar surface area (TPSA) is 169 Å². The second-order valence-electron chi connectivity index (χ2n) is 12.5.